The minimum atomic E-state index is -0.0318. The van der Waals surface area contributed by atoms with Crippen molar-refractivity contribution in [1.29, 1.82) is 0 Å². The topological polar surface area (TPSA) is 49.4 Å². The van der Waals surface area contributed by atoms with Crippen LogP contribution in [0.15, 0.2) is 42.5 Å². The molecule has 3 rings (SSSR count). The van der Waals surface area contributed by atoms with E-state index in [1.54, 1.807) is 0 Å². The minimum absolute atomic E-state index is 0.0318. The number of carbonyl (C=O) groups excluding carboxylic acids is 2. The van der Waals surface area contributed by atoms with Crippen LogP contribution in [0.5, 0.6) is 0 Å². The number of benzene rings is 2. The van der Waals surface area contributed by atoms with Crippen molar-refractivity contribution in [3.05, 3.63) is 69.7 Å². The van der Waals surface area contributed by atoms with Gasteiger partial charge in [0.05, 0.1) is 0 Å². The quantitative estimate of drug-likeness (QED) is 0.815. The summed E-state index contributed by atoms with van der Waals surface area (Å²) in [5, 5.41) is 3.82. The van der Waals surface area contributed by atoms with Crippen LogP contribution >= 0.6 is 11.6 Å². The van der Waals surface area contributed by atoms with E-state index in [0.717, 1.165) is 30.4 Å². The van der Waals surface area contributed by atoms with E-state index in [1.807, 2.05) is 61.2 Å². The zero-order chi connectivity index (χ0) is 20.1. The average molecular weight is 399 g/mol. The molecule has 0 spiro atoms. The second-order valence-electron chi connectivity index (χ2n) is 7.55. The molecule has 1 saturated heterocycles. The number of aryl methyl sites for hydroxylation is 3. The van der Waals surface area contributed by atoms with E-state index in [0.29, 0.717) is 30.1 Å². The largest absolute Gasteiger partial charge is 0.349 e. The Bertz CT molecular complexity index is 840. The third-order valence-electron chi connectivity index (χ3n) is 5.49. The molecule has 148 valence electrons. The summed E-state index contributed by atoms with van der Waals surface area (Å²) in [7, 11) is 0. The molecule has 0 radical (unpaired) electrons. The van der Waals surface area contributed by atoms with Gasteiger partial charge in [-0.15, -0.1) is 0 Å². The molecule has 4 nitrogen and oxygen atoms in total. The predicted octanol–water partition coefficient (Wildman–Crippen LogP) is 4.31. The number of amides is 2. The van der Waals surface area contributed by atoms with Gasteiger partial charge in [0.25, 0.3) is 5.91 Å². The number of likely N-dealkylation sites (tertiary alicyclic amines) is 1. The van der Waals surface area contributed by atoms with Gasteiger partial charge in [-0.2, -0.15) is 0 Å². The maximum absolute atomic E-state index is 12.5. The normalized spacial score (nSPS) is 14.8. The predicted molar refractivity (Wildman–Crippen MR) is 113 cm³/mol. The van der Waals surface area contributed by atoms with E-state index >= 15 is 0 Å². The lowest BCUT2D eigenvalue weighted by Gasteiger charge is -2.32. The van der Waals surface area contributed by atoms with Crippen molar-refractivity contribution >= 4 is 23.4 Å². The minimum Gasteiger partial charge on any atom is -0.349 e. The summed E-state index contributed by atoms with van der Waals surface area (Å²) in [6.07, 6.45) is 2.81. The summed E-state index contributed by atoms with van der Waals surface area (Å²) < 4.78 is 0. The van der Waals surface area contributed by atoms with Crippen LogP contribution in [0.25, 0.3) is 0 Å². The second-order valence-corrected chi connectivity index (χ2v) is 7.99. The molecule has 2 aromatic carbocycles. The van der Waals surface area contributed by atoms with Crippen molar-refractivity contribution in [2.75, 3.05) is 13.1 Å². The maximum atomic E-state index is 12.5. The lowest BCUT2D eigenvalue weighted by atomic mass is 10.0. The maximum Gasteiger partial charge on any atom is 0.251 e. The standard InChI is InChI=1S/C23H27ClN2O2/c1-16-3-7-19(15-17(16)2)23(28)25-21-11-13-26(14-12-21)22(27)10-6-18-4-8-20(24)9-5-18/h3-5,7-9,15,21H,6,10-14H2,1-2H3,(H,25,28). The van der Waals surface area contributed by atoms with Gasteiger partial charge < -0.3 is 10.2 Å². The van der Waals surface area contributed by atoms with Gasteiger partial charge in [0.2, 0.25) is 5.91 Å². The molecule has 1 N–H and O–H groups in total. The molecule has 2 amide bonds. The van der Waals surface area contributed by atoms with Gasteiger partial charge in [0.1, 0.15) is 0 Å². The number of hydrogen-bond donors (Lipinski definition) is 1. The summed E-state index contributed by atoms with van der Waals surface area (Å²) in [5.74, 6) is 0.143. The zero-order valence-corrected chi connectivity index (χ0v) is 17.3. The summed E-state index contributed by atoms with van der Waals surface area (Å²) in [4.78, 5) is 26.9. The van der Waals surface area contributed by atoms with Gasteiger partial charge in [0.15, 0.2) is 0 Å². The fourth-order valence-corrected chi connectivity index (χ4v) is 3.61. The van der Waals surface area contributed by atoms with Gasteiger partial charge in [0, 0.05) is 36.1 Å². The Morgan fingerprint density at radius 2 is 1.71 bits per heavy atom. The molecular formula is C23H27ClN2O2. The Morgan fingerprint density at radius 3 is 2.36 bits per heavy atom. The fourth-order valence-electron chi connectivity index (χ4n) is 3.49. The van der Waals surface area contributed by atoms with Crippen LogP contribution in [0.1, 0.15) is 46.3 Å². The van der Waals surface area contributed by atoms with Crippen LogP contribution < -0.4 is 5.32 Å². The lowest BCUT2D eigenvalue weighted by molar-refractivity contribution is -0.132. The highest BCUT2D eigenvalue weighted by Gasteiger charge is 2.24. The Balaban J connectivity index is 1.44. The van der Waals surface area contributed by atoms with Crippen LogP contribution in [0, 0.1) is 13.8 Å². The summed E-state index contributed by atoms with van der Waals surface area (Å²) in [6, 6.07) is 13.5. The highest BCUT2D eigenvalue weighted by atomic mass is 35.5. The zero-order valence-electron chi connectivity index (χ0n) is 16.5. The van der Waals surface area contributed by atoms with Crippen LogP contribution in [0.4, 0.5) is 0 Å². The van der Waals surface area contributed by atoms with E-state index in [1.165, 1.54) is 5.56 Å². The SMILES string of the molecule is Cc1ccc(C(=O)NC2CCN(C(=O)CCc3ccc(Cl)cc3)CC2)cc1C. The molecule has 0 unspecified atom stereocenters. The van der Waals surface area contributed by atoms with Crippen molar-refractivity contribution in [1.82, 2.24) is 10.2 Å². The van der Waals surface area contributed by atoms with Crippen molar-refractivity contribution in [2.24, 2.45) is 0 Å². The van der Waals surface area contributed by atoms with Crippen molar-refractivity contribution in [3.8, 4) is 0 Å². The second kappa shape index (κ2) is 9.24. The number of piperidine rings is 1. The first kappa shape index (κ1) is 20.4. The van der Waals surface area contributed by atoms with Crippen molar-refractivity contribution < 1.29 is 9.59 Å². The van der Waals surface area contributed by atoms with Gasteiger partial charge in [-0.1, -0.05) is 29.8 Å². The van der Waals surface area contributed by atoms with Gasteiger partial charge in [-0.05, 0) is 74.1 Å². The first-order valence-corrected chi connectivity index (χ1v) is 10.2. The van der Waals surface area contributed by atoms with Crippen molar-refractivity contribution in [2.45, 2.75) is 45.6 Å². The lowest BCUT2D eigenvalue weighted by Crippen LogP contribution is -2.46. The first-order chi connectivity index (χ1) is 13.4. The molecule has 2 aromatic rings. The first-order valence-electron chi connectivity index (χ1n) is 9.82. The third kappa shape index (κ3) is 5.35. The molecule has 1 aliphatic rings. The average Bonchev–Trinajstić information content (AvgIpc) is 2.70. The number of hydrogen-bond acceptors (Lipinski definition) is 2. The highest BCUT2D eigenvalue weighted by molar-refractivity contribution is 6.30. The number of nitrogens with one attached hydrogen (secondary N) is 1. The molecule has 1 fully saturated rings. The summed E-state index contributed by atoms with van der Waals surface area (Å²) >= 11 is 5.89. The molecule has 5 heteroatoms. The molecule has 0 atom stereocenters. The van der Waals surface area contributed by atoms with Crippen LogP contribution in [0.2, 0.25) is 5.02 Å². The summed E-state index contributed by atoms with van der Waals surface area (Å²) in [5.41, 5.74) is 4.12. The molecule has 28 heavy (non-hydrogen) atoms. The number of rotatable bonds is 5. The molecule has 1 aliphatic heterocycles. The smallest absolute Gasteiger partial charge is 0.251 e. The Kier molecular flexibility index (Phi) is 6.74. The van der Waals surface area contributed by atoms with Gasteiger partial charge in [-0.25, -0.2) is 0 Å². The van der Waals surface area contributed by atoms with Gasteiger partial charge >= 0.3 is 0 Å². The number of carbonyl (C=O) groups is 2. The fraction of sp³-hybridized carbons (Fsp3) is 0.391. The Hall–Kier alpha value is -2.33. The highest BCUT2D eigenvalue weighted by Crippen LogP contribution is 2.16. The molecule has 0 aromatic heterocycles. The van der Waals surface area contributed by atoms with Crippen LogP contribution in [-0.4, -0.2) is 35.8 Å². The Labute approximate surface area is 171 Å². The van der Waals surface area contributed by atoms with E-state index in [9.17, 15) is 9.59 Å². The van der Waals surface area contributed by atoms with Crippen molar-refractivity contribution in [3.63, 3.8) is 0 Å². The van der Waals surface area contributed by atoms with E-state index in [2.05, 4.69) is 5.32 Å². The summed E-state index contributed by atoms with van der Waals surface area (Å²) in [6.45, 7) is 5.44. The van der Waals surface area contributed by atoms with E-state index < -0.39 is 0 Å². The van der Waals surface area contributed by atoms with E-state index in [-0.39, 0.29) is 17.9 Å². The Morgan fingerprint density at radius 1 is 1.04 bits per heavy atom. The third-order valence-corrected chi connectivity index (χ3v) is 5.74. The molecule has 0 saturated carbocycles. The molecule has 1 heterocycles. The van der Waals surface area contributed by atoms with Gasteiger partial charge in [-0.3, -0.25) is 9.59 Å². The molecule has 0 aliphatic carbocycles. The number of halogens is 1. The van der Waals surface area contributed by atoms with Crippen LogP contribution in [0.3, 0.4) is 0 Å². The number of nitrogens with zero attached hydrogens (tertiary/aromatic N) is 1. The van der Waals surface area contributed by atoms with Crippen LogP contribution in [-0.2, 0) is 11.2 Å². The molecule has 0 bridgehead atoms. The molecular weight excluding hydrogens is 372 g/mol. The van der Waals surface area contributed by atoms with E-state index in [4.69, 9.17) is 11.6 Å². The monoisotopic (exact) mass is 398 g/mol.